The summed E-state index contributed by atoms with van der Waals surface area (Å²) < 4.78 is 18.2. The maximum Gasteiger partial charge on any atom is 0.258 e. The minimum atomic E-state index is -0.358. The lowest BCUT2D eigenvalue weighted by Crippen LogP contribution is -2.52. The molecule has 3 amide bonds. The minimum absolute atomic E-state index is 0.0167. The summed E-state index contributed by atoms with van der Waals surface area (Å²) in [5.41, 5.74) is 0. The quantitative estimate of drug-likeness (QED) is 0.796. The van der Waals surface area contributed by atoms with E-state index in [9.17, 15) is 18.8 Å². The first-order valence-electron chi connectivity index (χ1n) is 9.24. The molecule has 7 nitrogen and oxygen atoms in total. The summed E-state index contributed by atoms with van der Waals surface area (Å²) in [5, 5.41) is 5.63. The van der Waals surface area contributed by atoms with Gasteiger partial charge in [-0.15, -0.1) is 0 Å². The predicted octanol–water partition coefficient (Wildman–Crippen LogP) is 0.838. The van der Waals surface area contributed by atoms with Gasteiger partial charge in [-0.05, 0) is 49.9 Å². The van der Waals surface area contributed by atoms with Crippen molar-refractivity contribution in [3.05, 3.63) is 30.1 Å². The molecule has 0 bridgehead atoms. The van der Waals surface area contributed by atoms with Crippen molar-refractivity contribution in [1.82, 2.24) is 15.5 Å². The van der Waals surface area contributed by atoms with Crippen molar-refractivity contribution in [2.24, 2.45) is 5.92 Å². The zero-order valence-electron chi connectivity index (χ0n) is 15.1. The zero-order valence-corrected chi connectivity index (χ0v) is 15.1. The molecule has 146 valence electrons. The van der Waals surface area contributed by atoms with E-state index < -0.39 is 0 Å². The molecule has 1 saturated heterocycles. The molecule has 1 heterocycles. The van der Waals surface area contributed by atoms with Crippen LogP contribution in [0.1, 0.15) is 25.7 Å². The van der Waals surface area contributed by atoms with Gasteiger partial charge in [0.1, 0.15) is 11.6 Å². The molecule has 0 atom stereocenters. The first-order chi connectivity index (χ1) is 13.0. The van der Waals surface area contributed by atoms with E-state index in [-0.39, 0.29) is 48.7 Å². The average Bonchev–Trinajstić information content (AvgIpc) is 2.67. The number of hydrogen-bond acceptors (Lipinski definition) is 4. The molecular weight excluding hydrogens is 353 g/mol. The van der Waals surface area contributed by atoms with Crippen molar-refractivity contribution < 1.29 is 23.5 Å². The highest BCUT2D eigenvalue weighted by Gasteiger charge is 2.31. The molecule has 2 fully saturated rings. The Morgan fingerprint density at radius 3 is 2.56 bits per heavy atom. The molecule has 0 spiro atoms. The second kappa shape index (κ2) is 8.83. The molecule has 1 aliphatic heterocycles. The summed E-state index contributed by atoms with van der Waals surface area (Å²) in [6.07, 6.45) is 2.83. The standard InChI is InChI=1S/C19H24FN3O4/c20-14-3-7-16(8-4-14)27-12-18(25)22-15-5-1-13(2-6-15)19(26)23-10-9-21-17(24)11-23/h3-4,7-8,13,15H,1-2,5-6,9-12H2,(H,21,24)(H,22,25). The lowest BCUT2D eigenvalue weighted by Gasteiger charge is -2.33. The van der Waals surface area contributed by atoms with E-state index in [1.165, 1.54) is 24.3 Å². The topological polar surface area (TPSA) is 87.7 Å². The van der Waals surface area contributed by atoms with Gasteiger partial charge in [0.2, 0.25) is 11.8 Å². The van der Waals surface area contributed by atoms with E-state index in [2.05, 4.69) is 10.6 Å². The smallest absolute Gasteiger partial charge is 0.258 e. The summed E-state index contributed by atoms with van der Waals surface area (Å²) in [4.78, 5) is 37.6. The van der Waals surface area contributed by atoms with E-state index in [1.807, 2.05) is 0 Å². The molecule has 8 heteroatoms. The van der Waals surface area contributed by atoms with Crippen LogP contribution in [0.2, 0.25) is 0 Å². The van der Waals surface area contributed by atoms with Crippen LogP contribution in [0, 0.1) is 11.7 Å². The van der Waals surface area contributed by atoms with E-state index >= 15 is 0 Å². The van der Waals surface area contributed by atoms with Gasteiger partial charge in [0.05, 0.1) is 6.54 Å². The van der Waals surface area contributed by atoms with Crippen LogP contribution in [0.15, 0.2) is 24.3 Å². The Labute approximate surface area is 157 Å². The van der Waals surface area contributed by atoms with Gasteiger partial charge in [-0.25, -0.2) is 4.39 Å². The van der Waals surface area contributed by atoms with Gasteiger partial charge in [-0.1, -0.05) is 0 Å². The van der Waals surface area contributed by atoms with Crippen LogP contribution in [0.5, 0.6) is 5.75 Å². The SMILES string of the molecule is O=C1CN(C(=O)C2CCC(NC(=O)COc3ccc(F)cc3)CC2)CCN1. The number of benzene rings is 1. The molecule has 1 aromatic carbocycles. The number of rotatable bonds is 5. The fourth-order valence-electron chi connectivity index (χ4n) is 3.52. The number of amides is 3. The Hall–Kier alpha value is -2.64. The van der Waals surface area contributed by atoms with Crippen LogP contribution < -0.4 is 15.4 Å². The van der Waals surface area contributed by atoms with Crippen LogP contribution in [0.25, 0.3) is 0 Å². The largest absolute Gasteiger partial charge is 0.484 e. The summed E-state index contributed by atoms with van der Waals surface area (Å²) in [6.45, 7) is 1.07. The molecule has 1 aromatic rings. The predicted molar refractivity (Wildman–Crippen MR) is 95.4 cm³/mol. The Balaban J connectivity index is 1.38. The third kappa shape index (κ3) is 5.42. The number of halogens is 1. The van der Waals surface area contributed by atoms with Gasteiger partial charge in [0.15, 0.2) is 6.61 Å². The van der Waals surface area contributed by atoms with E-state index in [4.69, 9.17) is 4.74 Å². The molecule has 1 aliphatic carbocycles. The second-order valence-corrected chi connectivity index (χ2v) is 6.97. The van der Waals surface area contributed by atoms with Gasteiger partial charge in [0, 0.05) is 25.0 Å². The van der Waals surface area contributed by atoms with Crippen LogP contribution in [-0.2, 0) is 14.4 Å². The van der Waals surface area contributed by atoms with E-state index in [0.29, 0.717) is 31.7 Å². The molecule has 27 heavy (non-hydrogen) atoms. The van der Waals surface area contributed by atoms with Gasteiger partial charge in [-0.3, -0.25) is 14.4 Å². The van der Waals surface area contributed by atoms with E-state index in [0.717, 1.165) is 12.8 Å². The molecule has 3 rings (SSSR count). The third-order valence-corrected chi connectivity index (χ3v) is 4.98. The van der Waals surface area contributed by atoms with Crippen molar-refractivity contribution in [2.45, 2.75) is 31.7 Å². The average molecular weight is 377 g/mol. The Kier molecular flexibility index (Phi) is 6.26. The molecule has 2 N–H and O–H groups in total. The van der Waals surface area contributed by atoms with Gasteiger partial charge in [-0.2, -0.15) is 0 Å². The van der Waals surface area contributed by atoms with Crippen molar-refractivity contribution in [1.29, 1.82) is 0 Å². The number of nitrogens with one attached hydrogen (secondary N) is 2. The number of piperazine rings is 1. The normalized spacial score (nSPS) is 22.7. The Bertz CT molecular complexity index is 687. The molecule has 1 saturated carbocycles. The van der Waals surface area contributed by atoms with Crippen molar-refractivity contribution in [3.63, 3.8) is 0 Å². The maximum atomic E-state index is 12.8. The maximum absolute atomic E-state index is 12.8. The minimum Gasteiger partial charge on any atom is -0.484 e. The second-order valence-electron chi connectivity index (χ2n) is 6.97. The molecule has 0 unspecified atom stereocenters. The third-order valence-electron chi connectivity index (χ3n) is 4.98. The fraction of sp³-hybridized carbons (Fsp3) is 0.526. The van der Waals surface area contributed by atoms with Gasteiger partial charge < -0.3 is 20.3 Å². The first kappa shape index (κ1) is 19.1. The zero-order chi connectivity index (χ0) is 19.2. The number of carbonyl (C=O) groups is 3. The summed E-state index contributed by atoms with van der Waals surface area (Å²) in [6, 6.07) is 5.51. The first-order valence-corrected chi connectivity index (χ1v) is 9.24. The number of nitrogens with zero attached hydrogens (tertiary/aromatic N) is 1. The van der Waals surface area contributed by atoms with Crippen LogP contribution >= 0.6 is 0 Å². The van der Waals surface area contributed by atoms with Crippen LogP contribution in [0.4, 0.5) is 4.39 Å². The van der Waals surface area contributed by atoms with Crippen molar-refractivity contribution in [2.75, 3.05) is 26.2 Å². The highest BCUT2D eigenvalue weighted by Crippen LogP contribution is 2.26. The lowest BCUT2D eigenvalue weighted by molar-refractivity contribution is -0.142. The van der Waals surface area contributed by atoms with Crippen molar-refractivity contribution >= 4 is 17.7 Å². The van der Waals surface area contributed by atoms with Crippen molar-refractivity contribution in [3.8, 4) is 5.75 Å². The lowest BCUT2D eigenvalue weighted by atomic mass is 9.85. The number of ether oxygens (including phenoxy) is 1. The molecular formula is C19H24FN3O4. The monoisotopic (exact) mass is 377 g/mol. The van der Waals surface area contributed by atoms with Crippen LogP contribution in [-0.4, -0.2) is 54.9 Å². The fourth-order valence-corrected chi connectivity index (χ4v) is 3.52. The summed E-state index contributed by atoms with van der Waals surface area (Å²) >= 11 is 0. The van der Waals surface area contributed by atoms with Crippen LogP contribution in [0.3, 0.4) is 0 Å². The summed E-state index contributed by atoms with van der Waals surface area (Å²) in [7, 11) is 0. The molecule has 0 aromatic heterocycles. The Morgan fingerprint density at radius 2 is 1.89 bits per heavy atom. The van der Waals surface area contributed by atoms with E-state index in [1.54, 1.807) is 4.90 Å². The Morgan fingerprint density at radius 1 is 1.19 bits per heavy atom. The highest BCUT2D eigenvalue weighted by molar-refractivity contribution is 5.87. The van der Waals surface area contributed by atoms with Gasteiger partial charge >= 0.3 is 0 Å². The molecule has 0 radical (unpaired) electrons. The molecule has 2 aliphatic rings. The van der Waals surface area contributed by atoms with Gasteiger partial charge in [0.25, 0.3) is 5.91 Å². The number of hydrogen-bond donors (Lipinski definition) is 2. The number of carbonyl (C=O) groups excluding carboxylic acids is 3. The summed E-state index contributed by atoms with van der Waals surface area (Å²) in [5.74, 6) is -0.318. The highest BCUT2D eigenvalue weighted by atomic mass is 19.1.